The molecule has 0 aromatic heterocycles. The molecule has 1 fully saturated rings. The average Bonchev–Trinajstić information content (AvgIpc) is 3.12. The lowest BCUT2D eigenvalue weighted by molar-refractivity contribution is -0.123. The van der Waals surface area contributed by atoms with Gasteiger partial charge in [0.1, 0.15) is 17.0 Å². The van der Waals surface area contributed by atoms with Gasteiger partial charge in [0.2, 0.25) is 5.91 Å². The summed E-state index contributed by atoms with van der Waals surface area (Å²) in [6.07, 6.45) is -0.447. The lowest BCUT2D eigenvalue weighted by Crippen LogP contribution is -2.46. The molecule has 5 atom stereocenters. The Morgan fingerprint density at radius 2 is 2.00 bits per heavy atom. The van der Waals surface area contributed by atoms with Crippen LogP contribution in [0.15, 0.2) is 42.5 Å². The van der Waals surface area contributed by atoms with Gasteiger partial charge in [-0.15, -0.1) is 0 Å². The summed E-state index contributed by atoms with van der Waals surface area (Å²) in [4.78, 5) is 13.4. The van der Waals surface area contributed by atoms with Crippen LogP contribution in [0.1, 0.15) is 50.7 Å². The highest BCUT2D eigenvalue weighted by Gasteiger charge is 2.60. The van der Waals surface area contributed by atoms with E-state index in [2.05, 4.69) is 16.7 Å². The summed E-state index contributed by atoms with van der Waals surface area (Å²) in [5.41, 5.74) is -1.41. The highest BCUT2D eigenvalue weighted by Crippen LogP contribution is 2.51. The summed E-state index contributed by atoms with van der Waals surface area (Å²) in [5, 5.41) is 35.6. The van der Waals surface area contributed by atoms with E-state index < -0.39 is 53.7 Å². The van der Waals surface area contributed by atoms with Gasteiger partial charge < -0.3 is 20.8 Å². The smallest absolute Gasteiger partial charge is 0.237 e. The summed E-state index contributed by atoms with van der Waals surface area (Å²) in [6.45, 7) is 5.58. The van der Waals surface area contributed by atoms with Crippen LogP contribution in [0.4, 0.5) is 8.78 Å². The maximum atomic E-state index is 15.5. The molecule has 1 amide bonds. The van der Waals surface area contributed by atoms with Gasteiger partial charge in [-0.05, 0) is 48.1 Å². The molecule has 1 aliphatic rings. The van der Waals surface area contributed by atoms with Gasteiger partial charge in [-0.3, -0.25) is 4.79 Å². The first-order valence-corrected chi connectivity index (χ1v) is 12.3. The van der Waals surface area contributed by atoms with Gasteiger partial charge in [-0.25, -0.2) is 8.78 Å². The summed E-state index contributed by atoms with van der Waals surface area (Å²) >= 11 is 6.01. The molecule has 0 saturated carbocycles. The van der Waals surface area contributed by atoms with Crippen molar-refractivity contribution in [2.75, 3.05) is 13.2 Å². The molecule has 36 heavy (non-hydrogen) atoms. The van der Waals surface area contributed by atoms with Gasteiger partial charge in [0.25, 0.3) is 0 Å². The van der Waals surface area contributed by atoms with Crippen LogP contribution in [0.25, 0.3) is 0 Å². The van der Waals surface area contributed by atoms with Gasteiger partial charge in [0.05, 0.1) is 24.8 Å². The Morgan fingerprint density at radius 1 is 1.28 bits per heavy atom. The third kappa shape index (κ3) is 5.87. The van der Waals surface area contributed by atoms with Crippen LogP contribution in [0, 0.1) is 28.4 Å². The van der Waals surface area contributed by atoms with Crippen molar-refractivity contribution in [2.24, 2.45) is 5.41 Å². The molecule has 9 heteroatoms. The first-order valence-electron chi connectivity index (χ1n) is 11.9. The molecule has 2 aromatic rings. The van der Waals surface area contributed by atoms with Crippen molar-refractivity contribution in [1.82, 2.24) is 10.6 Å². The number of nitrogens with zero attached hydrogens (tertiary/aromatic N) is 1. The van der Waals surface area contributed by atoms with Crippen LogP contribution >= 0.6 is 11.6 Å². The number of aliphatic hydroxyl groups excluding tert-OH is 2. The van der Waals surface area contributed by atoms with Gasteiger partial charge in [-0.2, -0.15) is 5.26 Å². The molecule has 3 rings (SSSR count). The number of hydrogen-bond donors (Lipinski definition) is 4. The van der Waals surface area contributed by atoms with E-state index in [0.717, 1.165) is 6.07 Å². The van der Waals surface area contributed by atoms with E-state index in [-0.39, 0.29) is 29.0 Å². The molecule has 0 bridgehead atoms. The quantitative estimate of drug-likeness (QED) is 0.424. The van der Waals surface area contributed by atoms with E-state index in [1.165, 1.54) is 30.3 Å². The number of hydrogen-bond acceptors (Lipinski definition) is 5. The largest absolute Gasteiger partial charge is 0.394 e. The highest BCUT2D eigenvalue weighted by atomic mass is 35.5. The number of benzene rings is 2. The summed E-state index contributed by atoms with van der Waals surface area (Å²) in [6, 6.07) is 10.4. The van der Waals surface area contributed by atoms with Crippen LogP contribution in [0.5, 0.6) is 0 Å². The fourth-order valence-corrected chi connectivity index (χ4v) is 5.25. The molecule has 4 unspecified atom stereocenters. The lowest BCUT2D eigenvalue weighted by atomic mass is 9.62. The monoisotopic (exact) mass is 519 g/mol. The molecule has 2 aromatic carbocycles. The van der Waals surface area contributed by atoms with E-state index in [0.29, 0.717) is 12.0 Å². The second kappa shape index (κ2) is 11.2. The number of carbonyl (C=O) groups excluding carboxylic acids is 1. The standard InChI is InChI=1S/C27H32ClF2N3O3/c1-26(2,3)13-22-27(15-31,20-8-7-17(28)12-21(20)30)23(16-5-4-6-18(29)11-16)24(33-22)25(36)32-10-9-19(35)14-34/h4-8,11-12,19,22-24,33-35H,9-10,13-14H2,1-3H3,(H,32,36)/t19-,22?,23?,24?,27?/m0/s1. The molecule has 1 heterocycles. The SMILES string of the molecule is CC(C)(C)CC1NC(C(=O)NCC[C@H](O)CO)C(c2cccc(F)c2)C1(C#N)c1ccc(Cl)cc1F. The predicted molar refractivity (Wildman–Crippen MR) is 133 cm³/mol. The average molecular weight is 520 g/mol. The zero-order valence-corrected chi connectivity index (χ0v) is 21.3. The number of aliphatic hydroxyl groups is 2. The van der Waals surface area contributed by atoms with Crippen LogP contribution in [0.3, 0.4) is 0 Å². The fourth-order valence-electron chi connectivity index (χ4n) is 5.09. The molecule has 0 radical (unpaired) electrons. The Balaban J connectivity index is 2.19. The molecular formula is C27H32ClF2N3O3. The number of nitriles is 1. The van der Waals surface area contributed by atoms with Crippen LogP contribution in [-0.2, 0) is 10.2 Å². The van der Waals surface area contributed by atoms with Gasteiger partial charge >= 0.3 is 0 Å². The Morgan fingerprint density at radius 3 is 2.58 bits per heavy atom. The number of carbonyl (C=O) groups is 1. The van der Waals surface area contributed by atoms with E-state index >= 15 is 4.39 Å². The number of halogens is 3. The molecule has 1 saturated heterocycles. The molecule has 6 nitrogen and oxygen atoms in total. The Bertz CT molecular complexity index is 1130. The van der Waals surface area contributed by atoms with Crippen molar-refractivity contribution in [3.05, 3.63) is 70.2 Å². The summed E-state index contributed by atoms with van der Waals surface area (Å²) in [7, 11) is 0. The third-order valence-electron chi connectivity index (χ3n) is 6.61. The first-order chi connectivity index (χ1) is 16.9. The zero-order chi connectivity index (χ0) is 26.7. The van der Waals surface area contributed by atoms with Crippen molar-refractivity contribution in [3.8, 4) is 6.07 Å². The molecule has 0 spiro atoms. The van der Waals surface area contributed by atoms with Crippen LogP contribution in [-0.4, -0.2) is 47.5 Å². The normalized spacial score (nSPS) is 24.8. The van der Waals surface area contributed by atoms with Crippen LogP contribution in [0.2, 0.25) is 5.02 Å². The van der Waals surface area contributed by atoms with Gasteiger partial charge in [0.15, 0.2) is 0 Å². The van der Waals surface area contributed by atoms with Gasteiger partial charge in [0, 0.05) is 29.1 Å². The van der Waals surface area contributed by atoms with Crippen molar-refractivity contribution < 1.29 is 23.8 Å². The first kappa shape index (κ1) is 28.0. The van der Waals surface area contributed by atoms with Crippen molar-refractivity contribution in [2.45, 2.75) is 63.1 Å². The maximum absolute atomic E-state index is 15.5. The van der Waals surface area contributed by atoms with Crippen molar-refractivity contribution in [3.63, 3.8) is 0 Å². The summed E-state index contributed by atoms with van der Waals surface area (Å²) < 4.78 is 29.9. The number of nitrogens with one attached hydrogen (secondary N) is 2. The Labute approximate surface area is 215 Å². The molecular weight excluding hydrogens is 488 g/mol. The minimum Gasteiger partial charge on any atom is -0.394 e. The second-order valence-corrected chi connectivity index (χ2v) is 11.0. The minimum atomic E-state index is -1.57. The Hall–Kier alpha value is -2.57. The lowest BCUT2D eigenvalue weighted by Gasteiger charge is -2.37. The van der Waals surface area contributed by atoms with Gasteiger partial charge in [-0.1, -0.05) is 50.6 Å². The fraction of sp³-hybridized carbons (Fsp3) is 0.481. The molecule has 194 valence electrons. The molecule has 1 aliphatic heterocycles. The van der Waals surface area contributed by atoms with Crippen molar-refractivity contribution in [1.29, 1.82) is 5.26 Å². The van der Waals surface area contributed by atoms with E-state index in [1.54, 1.807) is 6.07 Å². The second-order valence-electron chi connectivity index (χ2n) is 10.5. The highest BCUT2D eigenvalue weighted by molar-refractivity contribution is 6.30. The number of amides is 1. The molecule has 4 N–H and O–H groups in total. The van der Waals surface area contributed by atoms with E-state index in [4.69, 9.17) is 16.7 Å². The summed E-state index contributed by atoms with van der Waals surface area (Å²) in [5.74, 6) is -2.64. The van der Waals surface area contributed by atoms with E-state index in [9.17, 15) is 19.6 Å². The van der Waals surface area contributed by atoms with E-state index in [1.807, 2.05) is 20.8 Å². The maximum Gasteiger partial charge on any atom is 0.237 e. The topological polar surface area (TPSA) is 105 Å². The predicted octanol–water partition coefficient (Wildman–Crippen LogP) is 3.80. The minimum absolute atomic E-state index is 0.0768. The van der Waals surface area contributed by atoms with Crippen molar-refractivity contribution >= 4 is 17.5 Å². The third-order valence-corrected chi connectivity index (χ3v) is 6.85. The molecule has 0 aliphatic carbocycles. The van der Waals surface area contributed by atoms with Crippen LogP contribution < -0.4 is 10.6 Å². The Kier molecular flexibility index (Phi) is 8.73. The number of rotatable bonds is 8. The zero-order valence-electron chi connectivity index (χ0n) is 20.6.